The number of benzene rings is 1. The summed E-state index contributed by atoms with van der Waals surface area (Å²) >= 11 is 0. The van der Waals surface area contributed by atoms with Crippen LogP contribution in [0.15, 0.2) is 53.3 Å². The first kappa shape index (κ1) is 15.0. The summed E-state index contributed by atoms with van der Waals surface area (Å²) in [7, 11) is 0. The van der Waals surface area contributed by atoms with Gasteiger partial charge in [0.05, 0.1) is 0 Å². The van der Waals surface area contributed by atoms with Crippen LogP contribution >= 0.6 is 0 Å². The van der Waals surface area contributed by atoms with E-state index in [1.807, 2.05) is 36.4 Å². The van der Waals surface area contributed by atoms with Gasteiger partial charge < -0.3 is 14.6 Å². The van der Waals surface area contributed by atoms with Crippen molar-refractivity contribution in [3.63, 3.8) is 0 Å². The van der Waals surface area contributed by atoms with E-state index in [0.717, 1.165) is 11.2 Å². The molecule has 3 aromatic heterocycles. The molecule has 0 fully saturated rings. The van der Waals surface area contributed by atoms with Crippen LogP contribution in [0.25, 0.3) is 11.2 Å². The Bertz CT molecular complexity index is 999. The van der Waals surface area contributed by atoms with E-state index in [2.05, 4.69) is 30.4 Å². The fourth-order valence-corrected chi connectivity index (χ4v) is 2.25. The van der Waals surface area contributed by atoms with E-state index in [1.54, 1.807) is 19.3 Å². The van der Waals surface area contributed by atoms with Gasteiger partial charge in [0, 0.05) is 25.0 Å². The van der Waals surface area contributed by atoms with Crippen LogP contribution in [0.4, 0.5) is 11.5 Å². The molecule has 8 nitrogen and oxygen atoms in total. The molecule has 0 atom stereocenters. The van der Waals surface area contributed by atoms with E-state index in [9.17, 15) is 0 Å². The number of rotatable bonds is 5. The Kier molecular flexibility index (Phi) is 3.91. The second-order valence-electron chi connectivity index (χ2n) is 5.26. The molecule has 0 bridgehead atoms. The normalized spacial score (nSPS) is 10.8. The van der Waals surface area contributed by atoms with Crippen molar-refractivity contribution in [3.05, 3.63) is 60.5 Å². The van der Waals surface area contributed by atoms with Crippen LogP contribution in [0.1, 0.15) is 11.7 Å². The minimum Gasteiger partial charge on any atom is -0.485 e. The second kappa shape index (κ2) is 6.52. The van der Waals surface area contributed by atoms with Crippen LogP contribution < -0.4 is 10.1 Å². The number of hydrogen-bond donors (Lipinski definition) is 1. The smallest absolute Gasteiger partial charge is 0.223 e. The van der Waals surface area contributed by atoms with E-state index in [0.29, 0.717) is 28.9 Å². The van der Waals surface area contributed by atoms with Crippen LogP contribution in [-0.2, 0) is 6.61 Å². The first-order valence-corrected chi connectivity index (χ1v) is 7.63. The average Bonchev–Trinajstić information content (AvgIpc) is 3.06. The lowest BCUT2D eigenvalue weighted by molar-refractivity contribution is 0.286. The molecule has 0 aliphatic heterocycles. The second-order valence-corrected chi connectivity index (χ2v) is 5.26. The van der Waals surface area contributed by atoms with Gasteiger partial charge in [-0.1, -0.05) is 5.16 Å². The third-order valence-corrected chi connectivity index (χ3v) is 3.40. The fraction of sp³-hybridized carbons (Fsp3) is 0.118. The molecule has 0 spiro atoms. The molecule has 124 valence electrons. The van der Waals surface area contributed by atoms with Crippen molar-refractivity contribution >= 4 is 22.7 Å². The summed E-state index contributed by atoms with van der Waals surface area (Å²) in [5.74, 6) is 2.45. The van der Waals surface area contributed by atoms with Gasteiger partial charge in [0.15, 0.2) is 12.3 Å². The molecule has 0 saturated carbocycles. The van der Waals surface area contributed by atoms with E-state index in [-0.39, 0.29) is 6.61 Å². The lowest BCUT2D eigenvalue weighted by atomic mass is 10.3. The van der Waals surface area contributed by atoms with Crippen molar-refractivity contribution in [3.8, 4) is 5.75 Å². The lowest BCUT2D eigenvalue weighted by Crippen LogP contribution is -1.98. The molecule has 3 heterocycles. The van der Waals surface area contributed by atoms with E-state index < -0.39 is 0 Å². The van der Waals surface area contributed by atoms with Crippen molar-refractivity contribution in [2.24, 2.45) is 0 Å². The number of aromatic nitrogens is 5. The molecule has 0 saturated heterocycles. The fourth-order valence-electron chi connectivity index (χ4n) is 2.25. The van der Waals surface area contributed by atoms with Crippen molar-refractivity contribution in [2.75, 3.05) is 5.32 Å². The molecule has 8 heteroatoms. The van der Waals surface area contributed by atoms with Gasteiger partial charge in [-0.05, 0) is 36.4 Å². The lowest BCUT2D eigenvalue weighted by Gasteiger charge is -2.08. The number of pyridine rings is 1. The third-order valence-electron chi connectivity index (χ3n) is 3.40. The zero-order chi connectivity index (χ0) is 17.1. The third kappa shape index (κ3) is 3.52. The van der Waals surface area contributed by atoms with Gasteiger partial charge in [-0.25, -0.2) is 9.97 Å². The summed E-state index contributed by atoms with van der Waals surface area (Å²) in [6.45, 7) is 2.00. The minimum absolute atomic E-state index is 0.259. The summed E-state index contributed by atoms with van der Waals surface area (Å²) in [5.41, 5.74) is 2.25. The summed E-state index contributed by atoms with van der Waals surface area (Å²) in [5, 5.41) is 7.01. The molecule has 0 aliphatic carbocycles. The molecule has 4 rings (SSSR count). The molecule has 25 heavy (non-hydrogen) atoms. The topological polar surface area (TPSA) is 98.8 Å². The van der Waals surface area contributed by atoms with E-state index >= 15 is 0 Å². The van der Waals surface area contributed by atoms with Crippen molar-refractivity contribution in [1.82, 2.24) is 25.1 Å². The Hall–Kier alpha value is -3.55. The Balaban J connectivity index is 1.42. The molecule has 1 aromatic carbocycles. The highest BCUT2D eigenvalue weighted by Gasteiger charge is 2.04. The summed E-state index contributed by atoms with van der Waals surface area (Å²) in [6.07, 6.45) is 3.27. The zero-order valence-corrected chi connectivity index (χ0v) is 13.4. The quantitative estimate of drug-likeness (QED) is 0.594. The summed E-state index contributed by atoms with van der Waals surface area (Å²) in [6, 6.07) is 11.3. The molecule has 0 radical (unpaired) electrons. The standard InChI is InChI=1S/C17H14N6O2/c1-11-20-16(23-25-11)10-24-13-4-2-12(3-5-13)21-15-7-6-14-17(22-15)19-9-8-18-14/h2-9H,10H2,1H3,(H,19,21,22). The number of nitrogens with one attached hydrogen (secondary N) is 1. The molecular formula is C17H14N6O2. The highest BCUT2D eigenvalue weighted by Crippen LogP contribution is 2.20. The highest BCUT2D eigenvalue weighted by atomic mass is 16.5. The Morgan fingerprint density at radius 2 is 1.84 bits per heavy atom. The van der Waals surface area contributed by atoms with Gasteiger partial charge >= 0.3 is 0 Å². The maximum absolute atomic E-state index is 5.62. The van der Waals surface area contributed by atoms with Crippen molar-refractivity contribution in [1.29, 1.82) is 0 Å². The predicted octanol–water partition coefficient (Wildman–Crippen LogP) is 3.04. The van der Waals surface area contributed by atoms with Gasteiger partial charge in [-0.3, -0.25) is 4.98 Å². The number of aryl methyl sites for hydroxylation is 1. The number of anilines is 2. The van der Waals surface area contributed by atoms with Gasteiger partial charge in [0.1, 0.15) is 17.1 Å². The van der Waals surface area contributed by atoms with Gasteiger partial charge in [-0.15, -0.1) is 0 Å². The zero-order valence-electron chi connectivity index (χ0n) is 13.4. The van der Waals surface area contributed by atoms with Crippen LogP contribution in [0.2, 0.25) is 0 Å². The molecule has 0 amide bonds. The van der Waals surface area contributed by atoms with E-state index in [4.69, 9.17) is 9.26 Å². The molecular weight excluding hydrogens is 320 g/mol. The van der Waals surface area contributed by atoms with Gasteiger partial charge in [-0.2, -0.15) is 4.98 Å². The molecule has 0 aliphatic rings. The number of nitrogens with zero attached hydrogens (tertiary/aromatic N) is 5. The molecule has 1 N–H and O–H groups in total. The van der Waals surface area contributed by atoms with Gasteiger partial charge in [0.25, 0.3) is 0 Å². The maximum atomic E-state index is 5.62. The minimum atomic E-state index is 0.259. The summed E-state index contributed by atoms with van der Waals surface area (Å²) < 4.78 is 10.5. The largest absolute Gasteiger partial charge is 0.485 e. The maximum Gasteiger partial charge on any atom is 0.223 e. The van der Waals surface area contributed by atoms with E-state index in [1.165, 1.54) is 0 Å². The number of hydrogen-bond acceptors (Lipinski definition) is 8. The Labute approximate surface area is 142 Å². The van der Waals surface area contributed by atoms with Crippen molar-refractivity contribution < 1.29 is 9.26 Å². The van der Waals surface area contributed by atoms with Crippen LogP contribution in [-0.4, -0.2) is 25.1 Å². The first-order valence-electron chi connectivity index (χ1n) is 7.63. The van der Waals surface area contributed by atoms with Crippen LogP contribution in [0.3, 0.4) is 0 Å². The number of fused-ring (bicyclic) bond motifs is 1. The molecule has 0 unspecified atom stereocenters. The predicted molar refractivity (Wildman–Crippen MR) is 90.4 cm³/mol. The first-order chi connectivity index (χ1) is 12.3. The molecule has 4 aromatic rings. The van der Waals surface area contributed by atoms with Crippen molar-refractivity contribution in [2.45, 2.75) is 13.5 Å². The highest BCUT2D eigenvalue weighted by molar-refractivity contribution is 5.72. The van der Waals surface area contributed by atoms with Crippen LogP contribution in [0, 0.1) is 6.92 Å². The Morgan fingerprint density at radius 1 is 1.00 bits per heavy atom. The number of ether oxygens (including phenoxy) is 1. The Morgan fingerprint density at radius 3 is 2.64 bits per heavy atom. The SMILES string of the molecule is Cc1nc(COc2ccc(Nc3ccc4nccnc4n3)cc2)no1. The average molecular weight is 334 g/mol. The summed E-state index contributed by atoms with van der Waals surface area (Å²) in [4.78, 5) is 16.9. The van der Waals surface area contributed by atoms with Crippen LogP contribution in [0.5, 0.6) is 5.75 Å². The monoisotopic (exact) mass is 334 g/mol. The van der Waals surface area contributed by atoms with Gasteiger partial charge in [0.2, 0.25) is 11.7 Å².